The average molecular weight is 237 g/mol. The Hall–Kier alpha value is -0.960. The highest BCUT2D eigenvalue weighted by Gasteiger charge is 2.14. The highest BCUT2D eigenvalue weighted by Crippen LogP contribution is 2.31. The van der Waals surface area contributed by atoms with Gasteiger partial charge in [0.2, 0.25) is 0 Å². The molecule has 0 N–H and O–H groups in total. The van der Waals surface area contributed by atoms with E-state index in [1.807, 2.05) is 0 Å². The van der Waals surface area contributed by atoms with Gasteiger partial charge in [-0.3, -0.25) is 4.79 Å². The molecule has 0 spiro atoms. The molecule has 1 aromatic carbocycles. The SMILES string of the molecule is Cc1cc(C)c(C)c(SC(=O)N(C)C)c1C. The van der Waals surface area contributed by atoms with Crippen molar-refractivity contribution < 1.29 is 4.79 Å². The Balaban J connectivity index is 3.18. The predicted octanol–water partition coefficient (Wildman–Crippen LogP) is 3.69. The van der Waals surface area contributed by atoms with Crippen LogP contribution in [0.2, 0.25) is 0 Å². The maximum Gasteiger partial charge on any atom is 0.285 e. The molecule has 1 rings (SSSR count). The fraction of sp³-hybridized carbons (Fsp3) is 0.462. The van der Waals surface area contributed by atoms with Gasteiger partial charge in [0, 0.05) is 19.0 Å². The molecule has 88 valence electrons. The number of amides is 1. The molecule has 0 saturated heterocycles. The second kappa shape index (κ2) is 4.91. The van der Waals surface area contributed by atoms with Gasteiger partial charge in [-0.1, -0.05) is 6.07 Å². The van der Waals surface area contributed by atoms with E-state index in [1.165, 1.54) is 34.0 Å². The van der Waals surface area contributed by atoms with Gasteiger partial charge in [0.1, 0.15) is 0 Å². The molecule has 0 aliphatic heterocycles. The van der Waals surface area contributed by atoms with E-state index in [9.17, 15) is 4.79 Å². The molecule has 0 unspecified atom stereocenters. The Morgan fingerprint density at radius 1 is 1.06 bits per heavy atom. The third-order valence-electron chi connectivity index (χ3n) is 2.85. The molecule has 2 nitrogen and oxygen atoms in total. The van der Waals surface area contributed by atoms with Crippen LogP contribution in [-0.4, -0.2) is 24.2 Å². The van der Waals surface area contributed by atoms with Gasteiger partial charge in [-0.15, -0.1) is 0 Å². The van der Waals surface area contributed by atoms with Crippen LogP contribution in [-0.2, 0) is 0 Å². The molecule has 0 atom stereocenters. The third-order valence-corrected chi connectivity index (χ3v) is 4.21. The summed E-state index contributed by atoms with van der Waals surface area (Å²) in [5.74, 6) is 0. The van der Waals surface area contributed by atoms with Crippen molar-refractivity contribution in [1.29, 1.82) is 0 Å². The second-order valence-electron chi connectivity index (χ2n) is 4.35. The molecule has 0 aromatic heterocycles. The van der Waals surface area contributed by atoms with Crippen LogP contribution < -0.4 is 0 Å². The van der Waals surface area contributed by atoms with E-state index in [2.05, 4.69) is 33.8 Å². The zero-order chi connectivity index (χ0) is 12.5. The summed E-state index contributed by atoms with van der Waals surface area (Å²) in [6, 6.07) is 2.18. The number of rotatable bonds is 1. The summed E-state index contributed by atoms with van der Waals surface area (Å²) in [5, 5.41) is 0.0798. The monoisotopic (exact) mass is 237 g/mol. The van der Waals surface area contributed by atoms with E-state index < -0.39 is 0 Å². The highest BCUT2D eigenvalue weighted by molar-refractivity contribution is 8.13. The number of carbonyl (C=O) groups excluding carboxylic acids is 1. The third kappa shape index (κ3) is 2.59. The van der Waals surface area contributed by atoms with Crippen molar-refractivity contribution >= 4 is 17.0 Å². The molecule has 0 aliphatic carbocycles. The van der Waals surface area contributed by atoms with E-state index >= 15 is 0 Å². The molecule has 0 saturated carbocycles. The van der Waals surface area contributed by atoms with Gasteiger partial charge >= 0.3 is 0 Å². The van der Waals surface area contributed by atoms with Gasteiger partial charge in [-0.2, -0.15) is 0 Å². The Kier molecular flexibility index (Phi) is 4.03. The van der Waals surface area contributed by atoms with Crippen molar-refractivity contribution in [2.45, 2.75) is 32.6 Å². The van der Waals surface area contributed by atoms with Gasteiger partial charge in [0.15, 0.2) is 0 Å². The normalized spacial score (nSPS) is 10.4. The van der Waals surface area contributed by atoms with Crippen LogP contribution >= 0.6 is 11.8 Å². The zero-order valence-corrected chi connectivity index (χ0v) is 11.7. The van der Waals surface area contributed by atoms with Gasteiger partial charge in [0.05, 0.1) is 0 Å². The summed E-state index contributed by atoms with van der Waals surface area (Å²) in [6.07, 6.45) is 0. The number of benzene rings is 1. The quantitative estimate of drug-likeness (QED) is 0.694. The largest absolute Gasteiger partial charge is 0.339 e. The molecule has 1 aromatic rings. The van der Waals surface area contributed by atoms with Crippen molar-refractivity contribution in [2.75, 3.05) is 14.1 Å². The number of carbonyl (C=O) groups is 1. The van der Waals surface area contributed by atoms with Gasteiger partial charge < -0.3 is 4.90 Å². The summed E-state index contributed by atoms with van der Waals surface area (Å²) in [4.78, 5) is 14.4. The van der Waals surface area contributed by atoms with Crippen molar-refractivity contribution in [3.63, 3.8) is 0 Å². The van der Waals surface area contributed by atoms with Crippen molar-refractivity contribution in [3.05, 3.63) is 28.3 Å². The van der Waals surface area contributed by atoms with Crippen molar-refractivity contribution in [1.82, 2.24) is 4.90 Å². The lowest BCUT2D eigenvalue weighted by molar-refractivity contribution is 0.241. The smallest absolute Gasteiger partial charge is 0.285 e. The Bertz CT molecular complexity index is 398. The van der Waals surface area contributed by atoms with Gasteiger partial charge in [-0.25, -0.2) is 0 Å². The molecular weight excluding hydrogens is 218 g/mol. The molecule has 0 fully saturated rings. The molecule has 16 heavy (non-hydrogen) atoms. The number of nitrogens with zero attached hydrogens (tertiary/aromatic N) is 1. The maximum atomic E-state index is 11.7. The van der Waals surface area contributed by atoms with Crippen LogP contribution in [0.15, 0.2) is 11.0 Å². The topological polar surface area (TPSA) is 20.3 Å². The minimum Gasteiger partial charge on any atom is -0.339 e. The first kappa shape index (κ1) is 13.1. The van der Waals surface area contributed by atoms with Crippen molar-refractivity contribution in [2.24, 2.45) is 0 Å². The molecule has 0 radical (unpaired) electrons. The summed E-state index contributed by atoms with van der Waals surface area (Å²) >= 11 is 1.32. The maximum absolute atomic E-state index is 11.7. The van der Waals surface area contributed by atoms with Crippen LogP contribution in [0, 0.1) is 27.7 Å². The van der Waals surface area contributed by atoms with Crippen LogP contribution in [0.5, 0.6) is 0 Å². The number of hydrogen-bond donors (Lipinski definition) is 0. The molecule has 0 aliphatic rings. The minimum absolute atomic E-state index is 0.0798. The lowest BCUT2D eigenvalue weighted by atomic mass is 10.0. The molecular formula is C13H19NOS. The van der Waals surface area contributed by atoms with Crippen LogP contribution in [0.4, 0.5) is 4.79 Å². The first-order valence-corrected chi connectivity index (χ1v) is 6.12. The van der Waals surface area contributed by atoms with Crippen molar-refractivity contribution in [3.8, 4) is 0 Å². The molecule has 0 bridgehead atoms. The summed E-state index contributed by atoms with van der Waals surface area (Å²) in [5.41, 5.74) is 4.92. The minimum atomic E-state index is 0.0798. The summed E-state index contributed by atoms with van der Waals surface area (Å²) < 4.78 is 0. The first-order chi connectivity index (χ1) is 7.34. The van der Waals surface area contributed by atoms with E-state index in [0.29, 0.717) is 0 Å². The zero-order valence-electron chi connectivity index (χ0n) is 10.8. The second-order valence-corrected chi connectivity index (χ2v) is 5.31. The Labute approximate surface area is 102 Å². The fourth-order valence-electron chi connectivity index (χ4n) is 1.51. The molecule has 0 heterocycles. The average Bonchev–Trinajstić information content (AvgIpc) is 2.21. The number of aryl methyl sites for hydroxylation is 2. The predicted molar refractivity (Wildman–Crippen MR) is 70.3 cm³/mol. The number of hydrogen-bond acceptors (Lipinski definition) is 2. The highest BCUT2D eigenvalue weighted by atomic mass is 32.2. The van der Waals surface area contributed by atoms with Gasteiger partial charge in [0.25, 0.3) is 5.24 Å². The standard InChI is InChI=1S/C13H19NOS/c1-8-7-9(2)11(4)12(10(8)3)16-13(15)14(5)6/h7H,1-6H3. The first-order valence-electron chi connectivity index (χ1n) is 5.31. The number of thioether (sulfide) groups is 1. The molecule has 1 amide bonds. The van der Waals surface area contributed by atoms with E-state index in [4.69, 9.17) is 0 Å². The lowest BCUT2D eigenvalue weighted by Gasteiger charge is -2.16. The van der Waals surface area contributed by atoms with Crippen LogP contribution in [0.25, 0.3) is 0 Å². The van der Waals surface area contributed by atoms with E-state index in [0.717, 1.165) is 4.90 Å². The lowest BCUT2D eigenvalue weighted by Crippen LogP contribution is -2.16. The Morgan fingerprint density at radius 3 is 1.88 bits per heavy atom. The molecule has 3 heteroatoms. The van der Waals surface area contributed by atoms with E-state index in [1.54, 1.807) is 19.0 Å². The van der Waals surface area contributed by atoms with Crippen LogP contribution in [0.1, 0.15) is 22.3 Å². The Morgan fingerprint density at radius 2 is 1.50 bits per heavy atom. The van der Waals surface area contributed by atoms with Gasteiger partial charge in [-0.05, 0) is 61.7 Å². The fourth-order valence-corrected chi connectivity index (χ4v) is 2.50. The van der Waals surface area contributed by atoms with E-state index in [-0.39, 0.29) is 5.24 Å². The van der Waals surface area contributed by atoms with Crippen LogP contribution in [0.3, 0.4) is 0 Å². The summed E-state index contributed by atoms with van der Waals surface area (Å²) in [7, 11) is 3.56. The summed E-state index contributed by atoms with van der Waals surface area (Å²) in [6.45, 7) is 8.33.